The molecule has 1 aromatic carbocycles. The van der Waals surface area contributed by atoms with Crippen LogP contribution in [0, 0.1) is 5.92 Å². The van der Waals surface area contributed by atoms with Crippen LogP contribution < -0.4 is 14.8 Å². The molecule has 26 heavy (non-hydrogen) atoms. The third kappa shape index (κ3) is 6.44. The Balaban J connectivity index is 1.79. The summed E-state index contributed by atoms with van der Waals surface area (Å²) >= 11 is 1.31. The predicted molar refractivity (Wildman–Crippen MR) is 104 cm³/mol. The van der Waals surface area contributed by atoms with Crippen LogP contribution in [0.1, 0.15) is 32.3 Å². The Hall–Kier alpha value is -1.89. The Kier molecular flexibility index (Phi) is 8.09. The van der Waals surface area contributed by atoms with E-state index in [4.69, 9.17) is 9.47 Å². The monoisotopic (exact) mass is 380 g/mol. The Labute approximate surface area is 159 Å². The second kappa shape index (κ2) is 10.3. The van der Waals surface area contributed by atoms with Gasteiger partial charge in [0.2, 0.25) is 5.91 Å². The summed E-state index contributed by atoms with van der Waals surface area (Å²) in [5.41, 5.74) is 0.944. The van der Waals surface area contributed by atoms with Gasteiger partial charge in [-0.3, -0.25) is 9.59 Å². The molecule has 1 aliphatic rings. The number of thioether (sulfide) groups is 1. The van der Waals surface area contributed by atoms with E-state index in [1.165, 1.54) is 11.8 Å². The molecular weight excluding hydrogens is 352 g/mol. The van der Waals surface area contributed by atoms with E-state index in [2.05, 4.69) is 19.2 Å². The summed E-state index contributed by atoms with van der Waals surface area (Å²) in [5, 5.41) is 2.95. The molecule has 0 aliphatic carbocycles. The summed E-state index contributed by atoms with van der Waals surface area (Å²) in [6.45, 7) is 6.59. The van der Waals surface area contributed by atoms with Crippen molar-refractivity contribution in [2.45, 2.75) is 33.2 Å². The third-order valence-corrected chi connectivity index (χ3v) is 5.02. The number of benzene rings is 1. The summed E-state index contributed by atoms with van der Waals surface area (Å²) in [5.74, 6) is 2.72. The van der Waals surface area contributed by atoms with Crippen LogP contribution >= 0.6 is 11.8 Å². The predicted octanol–water partition coefficient (Wildman–Crippen LogP) is 3.30. The van der Waals surface area contributed by atoms with Gasteiger partial charge >= 0.3 is 0 Å². The molecule has 2 amide bonds. The highest BCUT2D eigenvalue weighted by atomic mass is 32.2. The Morgan fingerprint density at radius 1 is 1.35 bits per heavy atom. The lowest BCUT2D eigenvalue weighted by Crippen LogP contribution is -2.30. The lowest BCUT2D eigenvalue weighted by molar-refractivity contribution is -0.121. The lowest BCUT2D eigenvalue weighted by Gasteiger charge is -2.15. The molecule has 1 aromatic rings. The van der Waals surface area contributed by atoms with Gasteiger partial charge in [0.05, 0.1) is 13.7 Å². The van der Waals surface area contributed by atoms with E-state index in [1.807, 2.05) is 18.2 Å². The fraction of sp³-hybridized carbons (Fsp3) is 0.579. The lowest BCUT2D eigenvalue weighted by atomic mass is 10.1. The molecule has 6 nitrogen and oxygen atoms in total. The average molecular weight is 381 g/mol. The normalized spacial score (nSPS) is 14.0. The first-order valence-electron chi connectivity index (χ1n) is 8.97. The molecule has 0 spiro atoms. The van der Waals surface area contributed by atoms with Crippen molar-refractivity contribution >= 4 is 22.9 Å². The van der Waals surface area contributed by atoms with Crippen LogP contribution in [0.4, 0.5) is 4.79 Å². The van der Waals surface area contributed by atoms with Gasteiger partial charge in [0.1, 0.15) is 0 Å². The summed E-state index contributed by atoms with van der Waals surface area (Å²) in [4.78, 5) is 25.2. The summed E-state index contributed by atoms with van der Waals surface area (Å²) in [6, 6.07) is 5.68. The molecule has 1 N–H and O–H groups in total. The minimum Gasteiger partial charge on any atom is -0.493 e. The van der Waals surface area contributed by atoms with Gasteiger partial charge < -0.3 is 19.7 Å². The molecule has 0 unspecified atom stereocenters. The van der Waals surface area contributed by atoms with Crippen molar-refractivity contribution in [1.29, 1.82) is 0 Å². The number of hydrogen-bond acceptors (Lipinski definition) is 5. The number of rotatable bonds is 10. The van der Waals surface area contributed by atoms with E-state index in [-0.39, 0.29) is 11.1 Å². The van der Waals surface area contributed by atoms with Crippen molar-refractivity contribution in [2.24, 2.45) is 5.92 Å². The van der Waals surface area contributed by atoms with Gasteiger partial charge in [-0.05, 0) is 30.0 Å². The van der Waals surface area contributed by atoms with Crippen molar-refractivity contribution in [2.75, 3.05) is 32.6 Å². The van der Waals surface area contributed by atoms with Crippen LogP contribution in [0.15, 0.2) is 18.2 Å². The molecule has 2 rings (SSSR count). The zero-order valence-corrected chi connectivity index (χ0v) is 16.6. The maximum absolute atomic E-state index is 12.0. The van der Waals surface area contributed by atoms with Crippen LogP contribution in [0.5, 0.6) is 11.5 Å². The number of ether oxygens (including phenoxy) is 2. The topological polar surface area (TPSA) is 67.9 Å². The van der Waals surface area contributed by atoms with E-state index < -0.39 is 0 Å². The molecule has 7 heteroatoms. The number of carbonyl (C=O) groups excluding carboxylic acids is 2. The van der Waals surface area contributed by atoms with Gasteiger partial charge in [-0.1, -0.05) is 31.7 Å². The van der Waals surface area contributed by atoms with E-state index in [1.54, 1.807) is 12.0 Å². The van der Waals surface area contributed by atoms with Crippen LogP contribution in [-0.2, 0) is 11.3 Å². The van der Waals surface area contributed by atoms with E-state index >= 15 is 0 Å². The number of carbonyl (C=O) groups is 2. The molecular formula is C19H28N2O4S. The summed E-state index contributed by atoms with van der Waals surface area (Å²) in [6.07, 6.45) is 1.30. The number of nitrogens with zero attached hydrogens (tertiary/aromatic N) is 1. The third-order valence-electron chi connectivity index (χ3n) is 4.12. The van der Waals surface area contributed by atoms with Crippen molar-refractivity contribution < 1.29 is 19.1 Å². The highest BCUT2D eigenvalue weighted by Crippen LogP contribution is 2.28. The van der Waals surface area contributed by atoms with Gasteiger partial charge in [0.15, 0.2) is 11.5 Å². The van der Waals surface area contributed by atoms with E-state index in [9.17, 15) is 9.59 Å². The maximum Gasteiger partial charge on any atom is 0.281 e. The summed E-state index contributed by atoms with van der Waals surface area (Å²) < 4.78 is 11.2. The van der Waals surface area contributed by atoms with Gasteiger partial charge in [-0.15, -0.1) is 0 Å². The molecule has 0 radical (unpaired) electrons. The maximum atomic E-state index is 12.0. The van der Waals surface area contributed by atoms with Gasteiger partial charge in [0.25, 0.3) is 5.24 Å². The number of methoxy groups -OCH3 is 1. The first-order chi connectivity index (χ1) is 12.5. The molecule has 0 saturated carbocycles. The quantitative estimate of drug-likeness (QED) is 0.675. The van der Waals surface area contributed by atoms with Gasteiger partial charge in [-0.2, -0.15) is 0 Å². The van der Waals surface area contributed by atoms with Gasteiger partial charge in [0, 0.05) is 31.8 Å². The number of amides is 2. The molecule has 0 aromatic heterocycles. The van der Waals surface area contributed by atoms with E-state index in [0.29, 0.717) is 43.5 Å². The first kappa shape index (κ1) is 20.4. The van der Waals surface area contributed by atoms with Crippen molar-refractivity contribution in [3.8, 4) is 11.5 Å². The number of nitrogens with one attached hydrogen (secondary N) is 1. The van der Waals surface area contributed by atoms with Crippen molar-refractivity contribution in [1.82, 2.24) is 10.2 Å². The fourth-order valence-electron chi connectivity index (χ4n) is 2.50. The molecule has 0 atom stereocenters. The van der Waals surface area contributed by atoms with Crippen LogP contribution in [0.2, 0.25) is 0 Å². The molecule has 1 aliphatic heterocycles. The second-order valence-corrected chi connectivity index (χ2v) is 7.69. The minimum atomic E-state index is -0.0640. The largest absolute Gasteiger partial charge is 0.493 e. The molecule has 0 bridgehead atoms. The highest BCUT2D eigenvalue weighted by molar-refractivity contribution is 8.13. The highest BCUT2D eigenvalue weighted by Gasteiger charge is 2.21. The Morgan fingerprint density at radius 2 is 2.15 bits per heavy atom. The zero-order chi connectivity index (χ0) is 18.9. The Bertz CT molecular complexity index is 622. The molecule has 1 saturated heterocycles. The molecule has 1 fully saturated rings. The summed E-state index contributed by atoms with van der Waals surface area (Å²) in [7, 11) is 1.61. The average Bonchev–Trinajstić information content (AvgIpc) is 3.03. The Morgan fingerprint density at radius 3 is 2.81 bits per heavy atom. The van der Waals surface area contributed by atoms with Crippen molar-refractivity contribution in [3.05, 3.63) is 23.8 Å². The first-order valence-corrected chi connectivity index (χ1v) is 9.96. The smallest absolute Gasteiger partial charge is 0.281 e. The van der Waals surface area contributed by atoms with Crippen LogP contribution in [-0.4, -0.2) is 48.6 Å². The number of hydrogen-bond donors (Lipinski definition) is 1. The SMILES string of the molecule is COc1cc(CNC(=O)CCN2CCSC2=O)ccc1OCCC(C)C. The van der Waals surface area contributed by atoms with Crippen LogP contribution in [0.3, 0.4) is 0 Å². The molecule has 144 valence electrons. The fourth-order valence-corrected chi connectivity index (χ4v) is 3.35. The second-order valence-electron chi connectivity index (χ2n) is 6.64. The zero-order valence-electron chi connectivity index (χ0n) is 15.7. The van der Waals surface area contributed by atoms with Gasteiger partial charge in [-0.25, -0.2) is 0 Å². The van der Waals surface area contributed by atoms with Crippen molar-refractivity contribution in [3.63, 3.8) is 0 Å². The minimum absolute atomic E-state index is 0.0640. The van der Waals surface area contributed by atoms with Crippen LogP contribution in [0.25, 0.3) is 0 Å². The standard InChI is InChI=1S/C19H28N2O4S/c1-14(2)7-10-25-16-5-4-15(12-17(16)24-3)13-20-18(22)6-8-21-9-11-26-19(21)23/h4-5,12,14H,6-11,13H2,1-3H3,(H,20,22). The van der Waals surface area contributed by atoms with E-state index in [0.717, 1.165) is 24.3 Å². The molecule has 1 heterocycles.